The molecule has 2 aromatic rings. The number of aromatic nitrogens is 1. The van der Waals surface area contributed by atoms with Crippen molar-refractivity contribution in [3.05, 3.63) is 41.1 Å². The van der Waals surface area contributed by atoms with Crippen molar-refractivity contribution >= 4 is 10.9 Å². The van der Waals surface area contributed by atoms with Crippen molar-refractivity contribution in [1.29, 1.82) is 0 Å². The number of aryl methyl sites for hydroxylation is 2. The average molecular weight is 213 g/mol. The Morgan fingerprint density at radius 3 is 2.69 bits per heavy atom. The molecule has 0 saturated carbocycles. The van der Waals surface area contributed by atoms with Gasteiger partial charge in [-0.05, 0) is 43.4 Å². The van der Waals surface area contributed by atoms with Crippen LogP contribution in [0.15, 0.2) is 24.3 Å². The molecule has 16 heavy (non-hydrogen) atoms. The van der Waals surface area contributed by atoms with E-state index in [9.17, 15) is 0 Å². The summed E-state index contributed by atoms with van der Waals surface area (Å²) in [6, 6.07) is 8.68. The second kappa shape index (κ2) is 4.25. The number of hydrogen-bond donors (Lipinski definition) is 0. The van der Waals surface area contributed by atoms with Crippen molar-refractivity contribution in [2.45, 2.75) is 40.0 Å². The predicted molar refractivity (Wildman–Crippen MR) is 69.9 cm³/mol. The zero-order chi connectivity index (χ0) is 11.7. The monoisotopic (exact) mass is 213 g/mol. The summed E-state index contributed by atoms with van der Waals surface area (Å²) in [4.78, 5) is 4.71. The summed E-state index contributed by atoms with van der Waals surface area (Å²) in [7, 11) is 0. The molecule has 0 aliphatic rings. The molecule has 0 bridgehead atoms. The quantitative estimate of drug-likeness (QED) is 0.722. The highest BCUT2D eigenvalue weighted by Crippen LogP contribution is 2.28. The van der Waals surface area contributed by atoms with Crippen LogP contribution in [-0.4, -0.2) is 4.98 Å². The molecule has 0 fully saturated rings. The van der Waals surface area contributed by atoms with E-state index in [4.69, 9.17) is 4.98 Å². The minimum absolute atomic E-state index is 0.581. The van der Waals surface area contributed by atoms with Crippen molar-refractivity contribution < 1.29 is 0 Å². The number of pyridine rings is 1. The fourth-order valence-electron chi connectivity index (χ4n) is 2.22. The van der Waals surface area contributed by atoms with Crippen molar-refractivity contribution in [2.75, 3.05) is 0 Å². The second-order valence-electron chi connectivity index (χ2n) is 4.63. The molecule has 0 saturated heterocycles. The van der Waals surface area contributed by atoms with Gasteiger partial charge in [0, 0.05) is 11.1 Å². The van der Waals surface area contributed by atoms with Gasteiger partial charge in [0.2, 0.25) is 0 Å². The van der Waals surface area contributed by atoms with Crippen molar-refractivity contribution in [1.82, 2.24) is 4.98 Å². The molecule has 0 aliphatic carbocycles. The highest BCUT2D eigenvalue weighted by molar-refractivity contribution is 5.85. The number of benzene rings is 1. The highest BCUT2D eigenvalue weighted by atomic mass is 14.7. The Labute approximate surface area is 97.5 Å². The summed E-state index contributed by atoms with van der Waals surface area (Å²) < 4.78 is 0. The van der Waals surface area contributed by atoms with Crippen molar-refractivity contribution in [2.24, 2.45) is 0 Å². The Balaban J connectivity index is 2.76. The van der Waals surface area contributed by atoms with E-state index in [0.717, 1.165) is 12.1 Å². The van der Waals surface area contributed by atoms with Crippen LogP contribution in [0.5, 0.6) is 0 Å². The number of fused-ring (bicyclic) bond motifs is 1. The maximum atomic E-state index is 4.71. The zero-order valence-corrected chi connectivity index (χ0v) is 10.5. The summed E-state index contributed by atoms with van der Waals surface area (Å²) in [5.74, 6) is 0.581. The van der Waals surface area contributed by atoms with Crippen molar-refractivity contribution in [3.8, 4) is 0 Å². The van der Waals surface area contributed by atoms with E-state index in [0.29, 0.717) is 5.92 Å². The Morgan fingerprint density at radius 2 is 2.00 bits per heavy atom. The predicted octanol–water partition coefficient (Wildman–Crippen LogP) is 4.37. The maximum Gasteiger partial charge on any atom is 0.0742 e. The van der Waals surface area contributed by atoms with Gasteiger partial charge in [-0.15, -0.1) is 0 Å². The maximum absolute atomic E-state index is 4.71. The number of hydrogen-bond acceptors (Lipinski definition) is 1. The van der Waals surface area contributed by atoms with Crippen LogP contribution in [0.25, 0.3) is 10.9 Å². The second-order valence-corrected chi connectivity index (χ2v) is 4.63. The molecule has 1 aromatic heterocycles. The first-order valence-electron chi connectivity index (χ1n) is 6.00. The first kappa shape index (κ1) is 11.1. The van der Waals surface area contributed by atoms with Gasteiger partial charge < -0.3 is 0 Å². The third-order valence-electron chi connectivity index (χ3n) is 3.35. The van der Waals surface area contributed by atoms with E-state index < -0.39 is 0 Å². The lowest BCUT2D eigenvalue weighted by molar-refractivity contribution is 0.737. The fourth-order valence-corrected chi connectivity index (χ4v) is 2.22. The average Bonchev–Trinajstić information content (AvgIpc) is 2.27. The van der Waals surface area contributed by atoms with Crippen molar-refractivity contribution in [3.63, 3.8) is 0 Å². The lowest BCUT2D eigenvalue weighted by Crippen LogP contribution is -1.97. The largest absolute Gasteiger partial charge is 0.253 e. The molecule has 1 nitrogen and oxygen atoms in total. The lowest BCUT2D eigenvalue weighted by atomic mass is 9.94. The molecule has 1 heterocycles. The zero-order valence-electron chi connectivity index (χ0n) is 10.5. The summed E-state index contributed by atoms with van der Waals surface area (Å²) >= 11 is 0. The smallest absolute Gasteiger partial charge is 0.0742 e. The topological polar surface area (TPSA) is 12.9 Å². The van der Waals surface area contributed by atoms with Gasteiger partial charge in [0.05, 0.1) is 5.52 Å². The Bertz CT molecular complexity index is 514. The summed E-state index contributed by atoms with van der Waals surface area (Å²) in [6.07, 6.45) is 1.16. The number of rotatable bonds is 2. The Hall–Kier alpha value is -1.37. The molecule has 0 amide bonds. The molecule has 0 aliphatic heterocycles. The van der Waals surface area contributed by atoms with E-state index in [1.807, 2.05) is 0 Å². The Kier molecular flexibility index (Phi) is 2.95. The van der Waals surface area contributed by atoms with Gasteiger partial charge in [-0.3, -0.25) is 4.98 Å². The van der Waals surface area contributed by atoms with Gasteiger partial charge in [0.15, 0.2) is 0 Å². The molecular weight excluding hydrogens is 194 g/mol. The molecule has 0 N–H and O–H groups in total. The Morgan fingerprint density at radius 1 is 1.25 bits per heavy atom. The van der Waals surface area contributed by atoms with Crippen LogP contribution in [0.2, 0.25) is 0 Å². The van der Waals surface area contributed by atoms with E-state index in [1.54, 1.807) is 0 Å². The van der Waals surface area contributed by atoms with Gasteiger partial charge in [0.25, 0.3) is 0 Å². The molecular formula is C15H19N. The normalized spacial score (nSPS) is 13.0. The molecule has 0 spiro atoms. The minimum Gasteiger partial charge on any atom is -0.253 e. The SMILES string of the molecule is CC[C@H](C)c1cccc2c(C)cc(C)nc12. The lowest BCUT2D eigenvalue weighted by Gasteiger charge is -2.13. The van der Waals surface area contributed by atoms with Gasteiger partial charge >= 0.3 is 0 Å². The van der Waals surface area contributed by atoms with Gasteiger partial charge in [-0.2, -0.15) is 0 Å². The summed E-state index contributed by atoms with van der Waals surface area (Å²) in [5, 5.41) is 1.29. The van der Waals surface area contributed by atoms with E-state index >= 15 is 0 Å². The van der Waals surface area contributed by atoms with E-state index in [1.165, 1.54) is 22.0 Å². The van der Waals surface area contributed by atoms with Crippen LogP contribution in [0, 0.1) is 13.8 Å². The van der Waals surface area contributed by atoms with Gasteiger partial charge in [-0.25, -0.2) is 0 Å². The summed E-state index contributed by atoms with van der Waals surface area (Å²) in [5.41, 5.74) is 5.01. The van der Waals surface area contributed by atoms with E-state index in [2.05, 4.69) is 52.0 Å². The van der Waals surface area contributed by atoms with Gasteiger partial charge in [0.1, 0.15) is 0 Å². The first-order valence-corrected chi connectivity index (χ1v) is 6.00. The molecule has 1 atom stereocenters. The fraction of sp³-hybridized carbons (Fsp3) is 0.400. The van der Waals surface area contributed by atoms with Crippen LogP contribution in [0.3, 0.4) is 0 Å². The van der Waals surface area contributed by atoms with Crippen LogP contribution < -0.4 is 0 Å². The first-order chi connectivity index (χ1) is 7.63. The molecule has 84 valence electrons. The highest BCUT2D eigenvalue weighted by Gasteiger charge is 2.10. The number of para-hydroxylation sites is 1. The van der Waals surface area contributed by atoms with E-state index in [-0.39, 0.29) is 0 Å². The molecule has 0 radical (unpaired) electrons. The van der Waals surface area contributed by atoms with Crippen LogP contribution in [0.4, 0.5) is 0 Å². The van der Waals surface area contributed by atoms with Gasteiger partial charge in [-0.1, -0.05) is 32.0 Å². The third-order valence-corrected chi connectivity index (χ3v) is 3.35. The minimum atomic E-state index is 0.581. The third kappa shape index (κ3) is 1.82. The van der Waals surface area contributed by atoms with Crippen LogP contribution in [0.1, 0.15) is 43.0 Å². The van der Waals surface area contributed by atoms with Crippen LogP contribution in [-0.2, 0) is 0 Å². The molecule has 0 unspecified atom stereocenters. The standard InChI is InChI=1S/C15H19N/c1-5-10(2)13-7-6-8-14-11(3)9-12(4)16-15(13)14/h6-10H,5H2,1-4H3/t10-/m0/s1. The van der Waals surface area contributed by atoms with Crippen LogP contribution >= 0.6 is 0 Å². The molecule has 2 rings (SSSR count). The molecule has 1 aromatic carbocycles. The number of nitrogens with zero attached hydrogens (tertiary/aromatic N) is 1. The molecule has 1 heteroatoms. The summed E-state index contributed by atoms with van der Waals surface area (Å²) in [6.45, 7) is 8.73.